The largest absolute Gasteiger partial charge is 0.372 e. The van der Waals surface area contributed by atoms with Gasteiger partial charge >= 0.3 is 0 Å². The summed E-state index contributed by atoms with van der Waals surface area (Å²) in [6.07, 6.45) is 1.92. The van der Waals surface area contributed by atoms with Crippen LogP contribution in [0.15, 0.2) is 0 Å². The van der Waals surface area contributed by atoms with E-state index in [1.54, 1.807) is 12.0 Å². The number of amides is 1. The molecular weight excluding hydrogens is 198 g/mol. The van der Waals surface area contributed by atoms with Crippen molar-refractivity contribution in [3.05, 3.63) is 0 Å². The highest BCUT2D eigenvalue weighted by Gasteiger charge is 2.18. The molecule has 4 heteroatoms. The van der Waals surface area contributed by atoms with Crippen molar-refractivity contribution in [2.24, 2.45) is 0 Å². The summed E-state index contributed by atoms with van der Waals surface area (Å²) in [5, 5.41) is 0.436. The van der Waals surface area contributed by atoms with Gasteiger partial charge in [-0.25, -0.2) is 0 Å². The number of ether oxygens (including phenoxy) is 1. The number of carbonyl (C=O) groups is 1. The lowest BCUT2D eigenvalue weighted by molar-refractivity contribution is -0.125. The molecule has 14 heavy (non-hydrogen) atoms. The summed E-state index contributed by atoms with van der Waals surface area (Å²) in [5.74, 6) is 5.12. The van der Waals surface area contributed by atoms with E-state index in [4.69, 9.17) is 4.74 Å². The normalized spacial score (nSPS) is 17.4. The Hall–Kier alpha value is -0.660. The number of hydrogen-bond acceptors (Lipinski definition) is 3. The maximum atomic E-state index is 11.5. The standard InChI is InChI=1S/C10H15NO2S/c1-13-8-2-3-10(12)11-6-4-9(14)5-7-11/h9,14H,4-8H2,1H3. The summed E-state index contributed by atoms with van der Waals surface area (Å²) < 4.78 is 4.74. The molecule has 1 fully saturated rings. The van der Waals surface area contributed by atoms with Gasteiger partial charge in [0.05, 0.1) is 0 Å². The average Bonchev–Trinajstić information content (AvgIpc) is 2.19. The molecule has 0 N–H and O–H groups in total. The van der Waals surface area contributed by atoms with Crippen LogP contribution >= 0.6 is 12.6 Å². The Labute approximate surface area is 90.2 Å². The van der Waals surface area contributed by atoms with Crippen molar-refractivity contribution >= 4 is 18.5 Å². The minimum absolute atomic E-state index is 0.0951. The van der Waals surface area contributed by atoms with Crippen molar-refractivity contribution in [2.45, 2.75) is 18.1 Å². The third kappa shape index (κ3) is 3.60. The molecule has 78 valence electrons. The number of likely N-dealkylation sites (tertiary alicyclic amines) is 1. The molecule has 0 unspecified atom stereocenters. The Balaban J connectivity index is 2.35. The fraction of sp³-hybridized carbons (Fsp3) is 0.700. The van der Waals surface area contributed by atoms with Gasteiger partial charge in [-0.1, -0.05) is 5.92 Å². The van der Waals surface area contributed by atoms with Crippen LogP contribution in [-0.4, -0.2) is 42.9 Å². The van der Waals surface area contributed by atoms with Gasteiger partial charge in [-0.2, -0.15) is 12.6 Å². The third-order valence-electron chi connectivity index (χ3n) is 2.16. The van der Waals surface area contributed by atoms with Crippen LogP contribution in [0, 0.1) is 11.8 Å². The van der Waals surface area contributed by atoms with Gasteiger partial charge in [-0.05, 0) is 18.8 Å². The number of piperidine rings is 1. The smallest absolute Gasteiger partial charge is 0.298 e. The first-order chi connectivity index (χ1) is 6.74. The molecule has 1 amide bonds. The minimum Gasteiger partial charge on any atom is -0.372 e. The molecule has 0 atom stereocenters. The lowest BCUT2D eigenvalue weighted by Crippen LogP contribution is -2.38. The van der Waals surface area contributed by atoms with Crippen LogP contribution in [0.25, 0.3) is 0 Å². The van der Waals surface area contributed by atoms with Crippen molar-refractivity contribution in [1.29, 1.82) is 0 Å². The number of nitrogens with zero attached hydrogens (tertiary/aromatic N) is 1. The van der Waals surface area contributed by atoms with Gasteiger partial charge in [-0.15, -0.1) is 0 Å². The molecule has 0 spiro atoms. The van der Waals surface area contributed by atoms with Crippen LogP contribution in [0.1, 0.15) is 12.8 Å². The molecule has 1 aliphatic rings. The first-order valence-corrected chi connectivity index (χ1v) is 5.20. The summed E-state index contributed by atoms with van der Waals surface area (Å²) in [4.78, 5) is 13.2. The Morgan fingerprint density at radius 3 is 2.79 bits per heavy atom. The zero-order chi connectivity index (χ0) is 10.4. The highest BCUT2D eigenvalue weighted by molar-refractivity contribution is 7.80. The van der Waals surface area contributed by atoms with E-state index in [1.807, 2.05) is 0 Å². The highest BCUT2D eigenvalue weighted by Crippen LogP contribution is 2.14. The monoisotopic (exact) mass is 213 g/mol. The molecular formula is C10H15NO2S. The van der Waals surface area contributed by atoms with Gasteiger partial charge in [0, 0.05) is 25.4 Å². The summed E-state index contributed by atoms with van der Waals surface area (Å²) >= 11 is 4.36. The van der Waals surface area contributed by atoms with E-state index in [2.05, 4.69) is 24.5 Å². The summed E-state index contributed by atoms with van der Waals surface area (Å²) in [6, 6.07) is 0. The fourth-order valence-corrected chi connectivity index (χ4v) is 1.56. The molecule has 0 bridgehead atoms. The molecule has 0 saturated carbocycles. The van der Waals surface area contributed by atoms with Gasteiger partial charge < -0.3 is 9.64 Å². The second-order valence-electron chi connectivity index (χ2n) is 3.26. The lowest BCUT2D eigenvalue weighted by Gasteiger charge is -2.28. The van der Waals surface area contributed by atoms with Gasteiger partial charge in [0.25, 0.3) is 5.91 Å². The van der Waals surface area contributed by atoms with Crippen LogP contribution in [-0.2, 0) is 9.53 Å². The van der Waals surface area contributed by atoms with E-state index in [0.29, 0.717) is 11.9 Å². The lowest BCUT2D eigenvalue weighted by atomic mass is 10.1. The molecule has 1 heterocycles. The molecule has 0 radical (unpaired) electrons. The Bertz CT molecular complexity index is 249. The molecule has 0 aromatic carbocycles. The van der Waals surface area contributed by atoms with Crippen molar-refractivity contribution < 1.29 is 9.53 Å². The Morgan fingerprint density at radius 2 is 2.21 bits per heavy atom. The number of thiol groups is 1. The third-order valence-corrected chi connectivity index (χ3v) is 2.68. The number of carbonyl (C=O) groups excluding carboxylic acids is 1. The molecule has 1 saturated heterocycles. The van der Waals surface area contributed by atoms with E-state index in [1.165, 1.54) is 0 Å². The minimum atomic E-state index is -0.0951. The quantitative estimate of drug-likeness (QED) is 0.509. The summed E-state index contributed by atoms with van der Waals surface area (Å²) in [7, 11) is 1.56. The predicted octanol–water partition coefficient (Wildman–Crippen LogP) is 0.557. The first-order valence-electron chi connectivity index (χ1n) is 4.69. The van der Waals surface area contributed by atoms with Crippen molar-refractivity contribution in [2.75, 3.05) is 26.8 Å². The molecule has 3 nitrogen and oxygen atoms in total. The van der Waals surface area contributed by atoms with Crippen molar-refractivity contribution in [1.82, 2.24) is 4.90 Å². The molecule has 0 aliphatic carbocycles. The van der Waals surface area contributed by atoms with Crippen LogP contribution in [0.2, 0.25) is 0 Å². The second kappa shape index (κ2) is 5.94. The van der Waals surface area contributed by atoms with E-state index in [9.17, 15) is 4.79 Å². The SMILES string of the molecule is COCC#CC(=O)N1CCC(S)CC1. The van der Waals surface area contributed by atoms with Gasteiger partial charge in [-0.3, -0.25) is 4.79 Å². The highest BCUT2D eigenvalue weighted by atomic mass is 32.1. The van der Waals surface area contributed by atoms with Gasteiger partial charge in [0.1, 0.15) is 6.61 Å². The average molecular weight is 213 g/mol. The molecule has 1 rings (SSSR count). The van der Waals surface area contributed by atoms with Crippen LogP contribution in [0.3, 0.4) is 0 Å². The van der Waals surface area contributed by atoms with Crippen molar-refractivity contribution in [3.8, 4) is 11.8 Å². The first kappa shape index (κ1) is 11.4. The van der Waals surface area contributed by atoms with Gasteiger partial charge in [0.15, 0.2) is 0 Å². The van der Waals surface area contributed by atoms with Crippen LogP contribution < -0.4 is 0 Å². The Kier molecular flexibility index (Phi) is 4.85. The number of methoxy groups -OCH3 is 1. The summed E-state index contributed by atoms with van der Waals surface area (Å²) in [5.41, 5.74) is 0. The summed E-state index contributed by atoms with van der Waals surface area (Å²) in [6.45, 7) is 1.86. The zero-order valence-electron chi connectivity index (χ0n) is 8.32. The number of rotatable bonds is 1. The fourth-order valence-electron chi connectivity index (χ4n) is 1.33. The van der Waals surface area contributed by atoms with Crippen LogP contribution in [0.4, 0.5) is 0 Å². The molecule has 0 aromatic heterocycles. The van der Waals surface area contributed by atoms with E-state index < -0.39 is 0 Å². The zero-order valence-corrected chi connectivity index (χ0v) is 9.22. The van der Waals surface area contributed by atoms with Crippen molar-refractivity contribution in [3.63, 3.8) is 0 Å². The van der Waals surface area contributed by atoms with E-state index in [0.717, 1.165) is 25.9 Å². The van der Waals surface area contributed by atoms with E-state index in [-0.39, 0.29) is 5.91 Å². The second-order valence-corrected chi connectivity index (χ2v) is 3.99. The maximum absolute atomic E-state index is 11.5. The van der Waals surface area contributed by atoms with Crippen LogP contribution in [0.5, 0.6) is 0 Å². The maximum Gasteiger partial charge on any atom is 0.298 e. The molecule has 0 aromatic rings. The Morgan fingerprint density at radius 1 is 1.57 bits per heavy atom. The molecule has 1 aliphatic heterocycles. The van der Waals surface area contributed by atoms with Gasteiger partial charge in [0.2, 0.25) is 0 Å². The number of hydrogen-bond donors (Lipinski definition) is 1. The predicted molar refractivity (Wildman–Crippen MR) is 58.2 cm³/mol. The topological polar surface area (TPSA) is 29.5 Å². The van der Waals surface area contributed by atoms with E-state index >= 15 is 0 Å².